The van der Waals surface area contributed by atoms with E-state index in [4.69, 9.17) is 25.8 Å². The van der Waals surface area contributed by atoms with Crippen LogP contribution in [0.1, 0.15) is 36.3 Å². The topological polar surface area (TPSA) is 113 Å². The molecule has 0 saturated carbocycles. The summed E-state index contributed by atoms with van der Waals surface area (Å²) in [5.41, 5.74) is 0.170. The summed E-state index contributed by atoms with van der Waals surface area (Å²) in [4.78, 5) is 39.2. The van der Waals surface area contributed by atoms with Crippen LogP contribution in [-0.4, -0.2) is 48.7 Å². The molecular weight excluding hydrogens is 531 g/mol. The molecule has 0 saturated heterocycles. The molecule has 1 aromatic heterocycles. The van der Waals surface area contributed by atoms with Gasteiger partial charge in [0, 0.05) is 40.3 Å². The van der Waals surface area contributed by atoms with Crippen molar-refractivity contribution in [3.05, 3.63) is 74.9 Å². The Morgan fingerprint density at radius 1 is 1.10 bits per heavy atom. The van der Waals surface area contributed by atoms with E-state index in [1.165, 1.54) is 25.0 Å². The van der Waals surface area contributed by atoms with Crippen molar-refractivity contribution >= 4 is 29.1 Å². The number of benzene rings is 2. The molecule has 39 heavy (non-hydrogen) atoms. The van der Waals surface area contributed by atoms with E-state index in [1.54, 1.807) is 37.7 Å². The number of halogens is 2. The molecular formula is C27H32ClFN4O6. The molecule has 210 valence electrons. The van der Waals surface area contributed by atoms with E-state index in [9.17, 15) is 18.8 Å². The molecule has 0 aliphatic carbocycles. The van der Waals surface area contributed by atoms with Gasteiger partial charge in [-0.25, -0.2) is 9.07 Å². The molecule has 3 rings (SSSR count). The predicted molar refractivity (Wildman–Crippen MR) is 145 cm³/mol. The molecule has 2 amide bonds. The van der Waals surface area contributed by atoms with Gasteiger partial charge in [-0.2, -0.15) is 0 Å². The number of methoxy groups -OCH3 is 2. The summed E-state index contributed by atoms with van der Waals surface area (Å²) in [5, 5.41) is 5.24. The summed E-state index contributed by atoms with van der Waals surface area (Å²) < 4.78 is 32.4. The number of hydrogen-bond acceptors (Lipinski definition) is 6. The lowest BCUT2D eigenvalue weighted by atomic mass is 9.88. The van der Waals surface area contributed by atoms with Crippen LogP contribution in [0, 0.1) is 11.2 Å². The number of anilines is 1. The van der Waals surface area contributed by atoms with Crippen LogP contribution in [0.3, 0.4) is 0 Å². The van der Waals surface area contributed by atoms with E-state index in [1.807, 2.05) is 18.2 Å². The second kappa shape index (κ2) is 12.9. The van der Waals surface area contributed by atoms with Gasteiger partial charge >= 0.3 is 0 Å². The van der Waals surface area contributed by atoms with Crippen molar-refractivity contribution in [2.24, 2.45) is 12.5 Å². The number of aromatic nitrogens is 2. The number of carbonyl (C=O) groups is 2. The van der Waals surface area contributed by atoms with Crippen molar-refractivity contribution < 1.29 is 28.2 Å². The fourth-order valence-corrected chi connectivity index (χ4v) is 4.14. The third kappa shape index (κ3) is 7.25. The monoisotopic (exact) mass is 562 g/mol. The molecule has 0 fully saturated rings. The third-order valence-corrected chi connectivity index (χ3v) is 6.19. The van der Waals surface area contributed by atoms with Crippen LogP contribution in [0.2, 0.25) is 5.02 Å². The van der Waals surface area contributed by atoms with Crippen molar-refractivity contribution in [1.29, 1.82) is 0 Å². The summed E-state index contributed by atoms with van der Waals surface area (Å²) in [5.74, 6) is -1.75. The van der Waals surface area contributed by atoms with Crippen molar-refractivity contribution in [3.8, 4) is 11.4 Å². The molecule has 0 atom stereocenters. The van der Waals surface area contributed by atoms with Gasteiger partial charge in [0.1, 0.15) is 17.3 Å². The minimum atomic E-state index is -0.739. The Labute approximate surface area is 230 Å². The first-order chi connectivity index (χ1) is 18.5. The Bertz CT molecular complexity index is 1390. The Kier molecular flexibility index (Phi) is 9.90. The Hall–Kier alpha value is -3.67. The lowest BCUT2D eigenvalue weighted by molar-refractivity contribution is -0.118. The van der Waals surface area contributed by atoms with Crippen LogP contribution < -0.4 is 20.9 Å². The number of carbonyl (C=O) groups excluding carboxylic acids is 2. The van der Waals surface area contributed by atoms with Gasteiger partial charge in [0.05, 0.1) is 28.6 Å². The first-order valence-electron chi connectivity index (χ1n) is 12.0. The highest BCUT2D eigenvalue weighted by Crippen LogP contribution is 2.27. The highest BCUT2D eigenvalue weighted by Gasteiger charge is 2.27. The van der Waals surface area contributed by atoms with Gasteiger partial charge in [-0.05, 0) is 23.6 Å². The van der Waals surface area contributed by atoms with Crippen molar-refractivity contribution in [2.75, 3.05) is 32.9 Å². The molecule has 1 heterocycles. The van der Waals surface area contributed by atoms with E-state index in [0.717, 1.165) is 6.07 Å². The molecule has 0 bridgehead atoms. The molecule has 0 aliphatic rings. The van der Waals surface area contributed by atoms with Crippen LogP contribution in [0.25, 0.3) is 5.69 Å². The lowest BCUT2D eigenvalue weighted by Gasteiger charge is -2.24. The number of para-hydroxylation sites is 1. The Morgan fingerprint density at radius 2 is 1.79 bits per heavy atom. The molecule has 3 aromatic rings. The van der Waals surface area contributed by atoms with E-state index in [0.29, 0.717) is 11.4 Å². The van der Waals surface area contributed by atoms with Gasteiger partial charge in [0.2, 0.25) is 5.91 Å². The maximum atomic E-state index is 13.9. The highest BCUT2D eigenvalue weighted by atomic mass is 35.5. The molecule has 2 aromatic carbocycles. The zero-order valence-corrected chi connectivity index (χ0v) is 23.2. The molecule has 0 radical (unpaired) electrons. The van der Waals surface area contributed by atoms with Gasteiger partial charge in [-0.3, -0.25) is 19.1 Å². The summed E-state index contributed by atoms with van der Waals surface area (Å²) in [6.07, 6.45) is -0.0173. The van der Waals surface area contributed by atoms with Gasteiger partial charge < -0.3 is 24.8 Å². The van der Waals surface area contributed by atoms with E-state index < -0.39 is 28.6 Å². The van der Waals surface area contributed by atoms with E-state index >= 15 is 0 Å². The average Bonchev–Trinajstić information content (AvgIpc) is 3.12. The van der Waals surface area contributed by atoms with E-state index in [-0.39, 0.29) is 48.4 Å². The van der Waals surface area contributed by atoms with Gasteiger partial charge in [0.25, 0.3) is 11.5 Å². The zero-order chi connectivity index (χ0) is 28.7. The molecule has 10 nitrogen and oxygen atoms in total. The maximum absolute atomic E-state index is 13.9. The largest absolute Gasteiger partial charge is 0.467 e. The second-order valence-electron chi connectivity index (χ2n) is 9.62. The Balaban J connectivity index is 1.74. The predicted octanol–water partition coefficient (Wildman–Crippen LogP) is 3.88. The molecule has 12 heteroatoms. The van der Waals surface area contributed by atoms with Crippen LogP contribution in [0.5, 0.6) is 5.75 Å². The quantitative estimate of drug-likeness (QED) is 0.324. The number of amides is 2. The molecule has 0 spiro atoms. The first-order valence-corrected chi connectivity index (χ1v) is 12.4. The maximum Gasteiger partial charge on any atom is 0.295 e. The van der Waals surface area contributed by atoms with Gasteiger partial charge in [-0.15, -0.1) is 0 Å². The third-order valence-electron chi connectivity index (χ3n) is 5.90. The first kappa shape index (κ1) is 29.9. The fourth-order valence-electron chi connectivity index (χ4n) is 3.98. The summed E-state index contributed by atoms with van der Waals surface area (Å²) in [6.45, 7) is 3.58. The lowest BCUT2D eigenvalue weighted by Crippen LogP contribution is -2.37. The minimum absolute atomic E-state index is 0.0173. The fraction of sp³-hybridized carbons (Fsp3) is 0.370. The van der Waals surface area contributed by atoms with Gasteiger partial charge in [0.15, 0.2) is 6.79 Å². The standard InChI is InChI=1S/C27H32ClFN4O6/c1-27(2,15-30-25(35)18-11-19(28)20(29)12-22(18)39-16-38-5)13-23(34)31-24-21(14-37-4)32(3)33(26(24)36)17-9-7-6-8-10-17/h6-12H,13-16H2,1-5H3,(H,30,35)(H,31,34). The van der Waals surface area contributed by atoms with Crippen molar-refractivity contribution in [2.45, 2.75) is 26.9 Å². The van der Waals surface area contributed by atoms with Crippen LogP contribution >= 0.6 is 11.6 Å². The van der Waals surface area contributed by atoms with Gasteiger partial charge in [-0.1, -0.05) is 43.6 Å². The number of nitrogens with one attached hydrogen (secondary N) is 2. The highest BCUT2D eigenvalue weighted by molar-refractivity contribution is 6.31. The summed E-state index contributed by atoms with van der Waals surface area (Å²) >= 11 is 5.87. The summed E-state index contributed by atoms with van der Waals surface area (Å²) in [6, 6.07) is 11.2. The Morgan fingerprint density at radius 3 is 2.44 bits per heavy atom. The average molecular weight is 563 g/mol. The second-order valence-corrected chi connectivity index (χ2v) is 10.0. The van der Waals surface area contributed by atoms with Crippen LogP contribution in [0.4, 0.5) is 10.1 Å². The number of rotatable bonds is 12. The molecule has 0 aliphatic heterocycles. The zero-order valence-electron chi connectivity index (χ0n) is 22.5. The normalized spacial score (nSPS) is 11.4. The molecule has 0 unspecified atom stereocenters. The minimum Gasteiger partial charge on any atom is -0.467 e. The summed E-state index contributed by atoms with van der Waals surface area (Å²) in [7, 11) is 4.61. The number of ether oxygens (including phenoxy) is 3. The SMILES string of the molecule is COCOc1cc(F)c(Cl)cc1C(=O)NCC(C)(C)CC(=O)Nc1c(COC)n(C)n(-c2ccccc2)c1=O. The van der Waals surface area contributed by atoms with Crippen LogP contribution in [0.15, 0.2) is 47.3 Å². The van der Waals surface area contributed by atoms with Crippen molar-refractivity contribution in [3.63, 3.8) is 0 Å². The van der Waals surface area contributed by atoms with E-state index in [2.05, 4.69) is 10.6 Å². The molecule has 2 N–H and O–H groups in total. The van der Waals surface area contributed by atoms with Crippen molar-refractivity contribution in [1.82, 2.24) is 14.7 Å². The van der Waals surface area contributed by atoms with Crippen LogP contribution in [-0.2, 0) is 27.9 Å². The number of nitrogens with zero attached hydrogens (tertiary/aromatic N) is 2. The smallest absolute Gasteiger partial charge is 0.295 e. The number of hydrogen-bond donors (Lipinski definition) is 2.